The van der Waals surface area contributed by atoms with Crippen LogP contribution < -0.4 is 0 Å². The fourth-order valence-corrected chi connectivity index (χ4v) is 2.73. The summed E-state index contributed by atoms with van der Waals surface area (Å²) in [6.45, 7) is 6.78. The fourth-order valence-electron chi connectivity index (χ4n) is 2.73. The van der Waals surface area contributed by atoms with Crippen LogP contribution in [0.4, 0.5) is 9.18 Å². The third kappa shape index (κ3) is 4.82. The smallest absolute Gasteiger partial charge is 0.410 e. The minimum Gasteiger partial charge on any atom is -0.444 e. The summed E-state index contributed by atoms with van der Waals surface area (Å²) in [7, 11) is 0. The van der Waals surface area contributed by atoms with Crippen LogP contribution >= 0.6 is 0 Å². The van der Waals surface area contributed by atoms with E-state index >= 15 is 0 Å². The summed E-state index contributed by atoms with van der Waals surface area (Å²) < 4.78 is 18.9. The maximum Gasteiger partial charge on any atom is 0.410 e. The Labute approximate surface area is 157 Å². The molecule has 0 aromatic heterocycles. The maximum atomic E-state index is 13.6. The molecule has 0 saturated carbocycles. The number of amides is 2. The van der Waals surface area contributed by atoms with Crippen molar-refractivity contribution in [3.05, 3.63) is 34.6 Å². The third-order valence-electron chi connectivity index (χ3n) is 4.13. The molecule has 8 heteroatoms. The summed E-state index contributed by atoms with van der Waals surface area (Å²) in [5.74, 6) is -1.45. The normalized spacial score (nSPS) is 14.7. The SMILES string of the molecule is Cc1c(C(=O)CN2CCN(C(=O)OC(C)(C)C)CC2=O)ccc(F)c1C#N. The standard InChI is InChI=1S/C19H22FN3O4/c1-12-13(5-6-15(20)14(12)9-21)16(24)10-22-7-8-23(11-17(22)25)18(26)27-19(2,3)4/h5-6H,7-8,10-11H2,1-4H3. The van der Waals surface area contributed by atoms with Crippen molar-refractivity contribution in [2.24, 2.45) is 0 Å². The van der Waals surface area contributed by atoms with Crippen LogP contribution in [0.15, 0.2) is 12.1 Å². The number of rotatable bonds is 3. The first kappa shape index (κ1) is 20.4. The minimum absolute atomic E-state index is 0.173. The van der Waals surface area contributed by atoms with E-state index < -0.39 is 17.5 Å². The molecular weight excluding hydrogens is 353 g/mol. The van der Waals surface area contributed by atoms with E-state index in [1.54, 1.807) is 26.8 Å². The molecule has 144 valence electrons. The molecule has 0 spiro atoms. The van der Waals surface area contributed by atoms with Gasteiger partial charge in [0.25, 0.3) is 0 Å². The molecule has 1 aromatic rings. The van der Waals surface area contributed by atoms with E-state index in [4.69, 9.17) is 10.00 Å². The van der Waals surface area contributed by atoms with Gasteiger partial charge in [0.15, 0.2) is 5.78 Å². The quantitative estimate of drug-likeness (QED) is 0.756. The van der Waals surface area contributed by atoms with Gasteiger partial charge < -0.3 is 9.64 Å². The Morgan fingerprint density at radius 3 is 2.52 bits per heavy atom. The van der Waals surface area contributed by atoms with Crippen molar-refractivity contribution >= 4 is 17.8 Å². The molecule has 1 fully saturated rings. The van der Waals surface area contributed by atoms with E-state index in [9.17, 15) is 18.8 Å². The van der Waals surface area contributed by atoms with E-state index in [0.29, 0.717) is 0 Å². The summed E-state index contributed by atoms with van der Waals surface area (Å²) in [6.07, 6.45) is -0.574. The predicted molar refractivity (Wildman–Crippen MR) is 94.6 cm³/mol. The van der Waals surface area contributed by atoms with Crippen LogP contribution in [0, 0.1) is 24.1 Å². The molecule has 1 heterocycles. The second-order valence-electron chi connectivity index (χ2n) is 7.35. The van der Waals surface area contributed by atoms with Crippen LogP contribution in [-0.2, 0) is 9.53 Å². The molecule has 7 nitrogen and oxygen atoms in total. The molecule has 0 radical (unpaired) electrons. The largest absolute Gasteiger partial charge is 0.444 e. The van der Waals surface area contributed by atoms with Gasteiger partial charge in [0, 0.05) is 18.7 Å². The zero-order valence-electron chi connectivity index (χ0n) is 15.8. The molecule has 2 amide bonds. The lowest BCUT2D eigenvalue weighted by molar-refractivity contribution is -0.135. The van der Waals surface area contributed by atoms with Gasteiger partial charge in [-0.25, -0.2) is 9.18 Å². The van der Waals surface area contributed by atoms with Gasteiger partial charge in [0.05, 0.1) is 12.1 Å². The molecule has 1 aromatic carbocycles. The number of nitrogens with zero attached hydrogens (tertiary/aromatic N) is 3. The average molecular weight is 375 g/mol. The minimum atomic E-state index is -0.686. The Bertz CT molecular complexity index is 823. The van der Waals surface area contributed by atoms with Gasteiger partial charge >= 0.3 is 6.09 Å². The summed E-state index contributed by atoms with van der Waals surface area (Å²) in [5, 5.41) is 9.02. The van der Waals surface area contributed by atoms with Crippen LogP contribution in [0.2, 0.25) is 0 Å². The van der Waals surface area contributed by atoms with Gasteiger partial charge in [-0.2, -0.15) is 5.26 Å². The Morgan fingerprint density at radius 2 is 1.96 bits per heavy atom. The van der Waals surface area contributed by atoms with Crippen molar-refractivity contribution in [3.63, 3.8) is 0 Å². The van der Waals surface area contributed by atoms with Crippen LogP contribution in [-0.4, -0.2) is 59.4 Å². The van der Waals surface area contributed by atoms with Gasteiger partial charge in [-0.1, -0.05) is 0 Å². The number of ether oxygens (including phenoxy) is 1. The third-order valence-corrected chi connectivity index (χ3v) is 4.13. The lowest BCUT2D eigenvalue weighted by atomic mass is 9.99. The lowest BCUT2D eigenvalue weighted by Crippen LogP contribution is -2.54. The number of carbonyl (C=O) groups is 3. The average Bonchev–Trinajstić information content (AvgIpc) is 2.55. The monoisotopic (exact) mass is 375 g/mol. The summed E-state index contributed by atoms with van der Waals surface area (Å²) >= 11 is 0. The van der Waals surface area contributed by atoms with Crippen LogP contribution in [0.1, 0.15) is 42.3 Å². The van der Waals surface area contributed by atoms with Crippen molar-refractivity contribution in [2.45, 2.75) is 33.3 Å². The summed E-state index contributed by atoms with van der Waals surface area (Å²) in [6, 6.07) is 4.13. The highest BCUT2D eigenvalue weighted by Gasteiger charge is 2.31. The van der Waals surface area contributed by atoms with E-state index in [1.807, 2.05) is 0 Å². The van der Waals surface area contributed by atoms with Gasteiger partial charge in [0.1, 0.15) is 24.0 Å². The maximum absolute atomic E-state index is 13.6. The molecule has 27 heavy (non-hydrogen) atoms. The van der Waals surface area contributed by atoms with E-state index in [1.165, 1.54) is 22.8 Å². The number of hydrogen-bond acceptors (Lipinski definition) is 5. The first-order valence-electron chi connectivity index (χ1n) is 8.51. The van der Waals surface area contributed by atoms with Gasteiger partial charge in [-0.05, 0) is 45.4 Å². The van der Waals surface area contributed by atoms with Gasteiger partial charge in [-0.3, -0.25) is 14.5 Å². The molecule has 0 atom stereocenters. The Kier molecular flexibility index (Phi) is 5.84. The first-order valence-corrected chi connectivity index (χ1v) is 8.51. The molecular formula is C19H22FN3O4. The molecule has 0 unspecified atom stereocenters. The fraction of sp³-hybridized carbons (Fsp3) is 0.474. The van der Waals surface area contributed by atoms with Crippen molar-refractivity contribution in [2.75, 3.05) is 26.2 Å². The molecule has 0 bridgehead atoms. The molecule has 0 aliphatic carbocycles. The Morgan fingerprint density at radius 1 is 1.30 bits per heavy atom. The van der Waals surface area contributed by atoms with Crippen molar-refractivity contribution < 1.29 is 23.5 Å². The van der Waals surface area contributed by atoms with Crippen molar-refractivity contribution in [3.8, 4) is 6.07 Å². The number of Topliss-reactive ketones (excluding diaryl/α,β-unsaturated/α-hetero) is 1. The highest BCUT2D eigenvalue weighted by atomic mass is 19.1. The molecule has 1 aliphatic rings. The second kappa shape index (κ2) is 7.74. The zero-order chi connectivity index (χ0) is 20.4. The molecule has 2 rings (SSSR count). The Balaban J connectivity index is 2.04. The first-order chi connectivity index (χ1) is 12.5. The van der Waals surface area contributed by atoms with E-state index in [-0.39, 0.29) is 54.6 Å². The zero-order valence-corrected chi connectivity index (χ0v) is 15.8. The second-order valence-corrected chi connectivity index (χ2v) is 7.35. The van der Waals surface area contributed by atoms with Crippen LogP contribution in [0.5, 0.6) is 0 Å². The summed E-state index contributed by atoms with van der Waals surface area (Å²) in [5.41, 5.74) is -0.384. The summed E-state index contributed by atoms with van der Waals surface area (Å²) in [4.78, 5) is 39.5. The highest BCUT2D eigenvalue weighted by Crippen LogP contribution is 2.18. The highest BCUT2D eigenvalue weighted by molar-refractivity contribution is 6.01. The predicted octanol–water partition coefficient (Wildman–Crippen LogP) is 2.27. The lowest BCUT2D eigenvalue weighted by Gasteiger charge is -2.35. The number of halogens is 1. The van der Waals surface area contributed by atoms with Crippen LogP contribution in [0.3, 0.4) is 0 Å². The number of piperazine rings is 1. The number of hydrogen-bond donors (Lipinski definition) is 0. The van der Waals surface area contributed by atoms with Crippen LogP contribution in [0.25, 0.3) is 0 Å². The van der Waals surface area contributed by atoms with E-state index in [2.05, 4.69) is 0 Å². The van der Waals surface area contributed by atoms with Crippen molar-refractivity contribution in [1.29, 1.82) is 5.26 Å². The van der Waals surface area contributed by atoms with E-state index in [0.717, 1.165) is 6.07 Å². The topological polar surface area (TPSA) is 90.7 Å². The van der Waals surface area contributed by atoms with Gasteiger partial charge in [-0.15, -0.1) is 0 Å². The van der Waals surface area contributed by atoms with Crippen molar-refractivity contribution in [1.82, 2.24) is 9.80 Å². The number of carbonyl (C=O) groups excluding carboxylic acids is 3. The number of benzene rings is 1. The molecule has 1 saturated heterocycles. The number of nitriles is 1. The number of ketones is 1. The molecule has 0 N–H and O–H groups in total. The molecule has 1 aliphatic heterocycles. The Hall–Kier alpha value is -2.95. The van der Waals surface area contributed by atoms with Gasteiger partial charge in [0.2, 0.25) is 5.91 Å².